The normalized spacial score (nSPS) is 10.1. The van der Waals surface area contributed by atoms with Crippen molar-refractivity contribution in [3.63, 3.8) is 0 Å². The Labute approximate surface area is 113 Å². The molecular formula is C16H17N3. The maximum absolute atomic E-state index is 8.99. The Bertz CT molecular complexity index is 643. The van der Waals surface area contributed by atoms with Gasteiger partial charge in [0.1, 0.15) is 5.82 Å². The smallest absolute Gasteiger partial charge is 0.131 e. The fraction of sp³-hybridized carbons (Fsp3) is 0.250. The van der Waals surface area contributed by atoms with Crippen LogP contribution in [0.4, 0.5) is 11.5 Å². The fourth-order valence-corrected chi connectivity index (χ4v) is 2.30. The predicted octanol–water partition coefficient (Wildman–Crippen LogP) is 3.93. The van der Waals surface area contributed by atoms with E-state index in [1.807, 2.05) is 6.92 Å². The van der Waals surface area contributed by atoms with Crippen LogP contribution < -0.4 is 5.32 Å². The number of nitrogens with zero attached hydrogens (tertiary/aromatic N) is 2. The van der Waals surface area contributed by atoms with E-state index in [1.165, 1.54) is 16.7 Å². The Hall–Kier alpha value is -2.34. The third kappa shape index (κ3) is 2.92. The predicted molar refractivity (Wildman–Crippen MR) is 77.6 cm³/mol. The van der Waals surface area contributed by atoms with Crippen LogP contribution in [0.5, 0.6) is 0 Å². The molecule has 0 fully saturated rings. The van der Waals surface area contributed by atoms with Gasteiger partial charge in [-0.15, -0.1) is 0 Å². The summed E-state index contributed by atoms with van der Waals surface area (Å²) in [6.45, 7) is 8.12. The van der Waals surface area contributed by atoms with Crippen LogP contribution in [0.3, 0.4) is 0 Å². The van der Waals surface area contributed by atoms with Crippen LogP contribution >= 0.6 is 0 Å². The van der Waals surface area contributed by atoms with Gasteiger partial charge in [0, 0.05) is 11.4 Å². The second kappa shape index (κ2) is 5.11. The Balaban J connectivity index is 2.42. The number of anilines is 2. The largest absolute Gasteiger partial charge is 0.340 e. The van der Waals surface area contributed by atoms with Crippen molar-refractivity contribution >= 4 is 11.5 Å². The van der Waals surface area contributed by atoms with Crippen molar-refractivity contribution in [2.45, 2.75) is 27.7 Å². The minimum absolute atomic E-state index is 0.623. The average molecular weight is 251 g/mol. The fourth-order valence-electron chi connectivity index (χ4n) is 2.30. The maximum Gasteiger partial charge on any atom is 0.131 e. The zero-order chi connectivity index (χ0) is 14.0. The highest BCUT2D eigenvalue weighted by Gasteiger charge is 2.06. The molecule has 0 saturated carbocycles. The minimum Gasteiger partial charge on any atom is -0.340 e. The molecule has 3 heteroatoms. The molecule has 2 rings (SSSR count). The van der Waals surface area contributed by atoms with Crippen molar-refractivity contribution in [1.82, 2.24) is 4.98 Å². The van der Waals surface area contributed by atoms with Gasteiger partial charge in [0.2, 0.25) is 0 Å². The van der Waals surface area contributed by atoms with E-state index in [4.69, 9.17) is 5.26 Å². The summed E-state index contributed by atoms with van der Waals surface area (Å²) < 4.78 is 0. The molecule has 0 amide bonds. The Morgan fingerprint density at radius 1 is 1.00 bits per heavy atom. The molecule has 1 N–H and O–H groups in total. The first-order chi connectivity index (χ1) is 8.99. The number of aryl methyl sites for hydroxylation is 4. The highest BCUT2D eigenvalue weighted by molar-refractivity contribution is 5.66. The Morgan fingerprint density at radius 3 is 2.21 bits per heavy atom. The molecule has 0 bridgehead atoms. The number of nitriles is 1. The van der Waals surface area contributed by atoms with Gasteiger partial charge in [-0.1, -0.05) is 17.7 Å². The van der Waals surface area contributed by atoms with Gasteiger partial charge in [0.05, 0.1) is 11.6 Å². The highest BCUT2D eigenvalue weighted by Crippen LogP contribution is 2.25. The number of benzene rings is 1. The van der Waals surface area contributed by atoms with Gasteiger partial charge in [-0.05, 0) is 51.0 Å². The minimum atomic E-state index is 0.623. The zero-order valence-corrected chi connectivity index (χ0v) is 11.7. The molecule has 0 saturated heterocycles. The highest BCUT2D eigenvalue weighted by atomic mass is 15.0. The van der Waals surface area contributed by atoms with Crippen LogP contribution in [0.25, 0.3) is 0 Å². The molecule has 1 heterocycles. The van der Waals surface area contributed by atoms with E-state index in [2.05, 4.69) is 49.3 Å². The SMILES string of the molecule is Cc1cc(C)c(Nc2cc(C#N)cc(C)n2)c(C)c1. The maximum atomic E-state index is 8.99. The first-order valence-electron chi connectivity index (χ1n) is 6.23. The van der Waals surface area contributed by atoms with Gasteiger partial charge >= 0.3 is 0 Å². The number of hydrogen-bond donors (Lipinski definition) is 1. The first-order valence-corrected chi connectivity index (χ1v) is 6.23. The van der Waals surface area contributed by atoms with Gasteiger partial charge in [-0.2, -0.15) is 5.26 Å². The lowest BCUT2D eigenvalue weighted by atomic mass is 10.1. The van der Waals surface area contributed by atoms with E-state index in [9.17, 15) is 0 Å². The van der Waals surface area contributed by atoms with E-state index in [0.29, 0.717) is 11.4 Å². The van der Waals surface area contributed by atoms with Crippen LogP contribution in [0.1, 0.15) is 27.9 Å². The third-order valence-electron chi connectivity index (χ3n) is 3.01. The van der Waals surface area contributed by atoms with Gasteiger partial charge in [0.25, 0.3) is 0 Å². The molecule has 2 aromatic rings. The summed E-state index contributed by atoms with van der Waals surface area (Å²) in [5.41, 5.74) is 6.13. The van der Waals surface area contributed by atoms with E-state index in [0.717, 1.165) is 11.4 Å². The topological polar surface area (TPSA) is 48.7 Å². The standard InChI is InChI=1S/C16H17N3/c1-10-5-11(2)16(12(3)6-10)19-15-8-14(9-17)7-13(4)18-15/h5-8H,1-4H3,(H,18,19). The molecule has 1 aromatic carbocycles. The summed E-state index contributed by atoms with van der Waals surface area (Å²) >= 11 is 0. The first kappa shape index (κ1) is 13.1. The number of pyridine rings is 1. The van der Waals surface area contributed by atoms with Crippen molar-refractivity contribution in [2.24, 2.45) is 0 Å². The second-order valence-electron chi connectivity index (χ2n) is 4.89. The molecule has 0 unspecified atom stereocenters. The molecule has 96 valence electrons. The molecule has 0 aliphatic heterocycles. The van der Waals surface area contributed by atoms with Crippen molar-refractivity contribution in [3.05, 3.63) is 52.2 Å². The van der Waals surface area contributed by atoms with Crippen LogP contribution in [0, 0.1) is 39.0 Å². The second-order valence-corrected chi connectivity index (χ2v) is 4.89. The quantitative estimate of drug-likeness (QED) is 0.879. The summed E-state index contributed by atoms with van der Waals surface area (Å²) in [7, 11) is 0. The van der Waals surface area contributed by atoms with Crippen molar-refractivity contribution in [2.75, 3.05) is 5.32 Å². The summed E-state index contributed by atoms with van der Waals surface area (Å²) in [5, 5.41) is 12.3. The average Bonchev–Trinajstić information content (AvgIpc) is 2.33. The molecule has 0 spiro atoms. The molecule has 0 radical (unpaired) electrons. The van der Waals surface area contributed by atoms with Gasteiger partial charge < -0.3 is 5.32 Å². The Kier molecular flexibility index (Phi) is 3.52. The molecule has 1 aromatic heterocycles. The number of nitrogens with one attached hydrogen (secondary N) is 1. The molecule has 0 atom stereocenters. The van der Waals surface area contributed by atoms with E-state index in [-0.39, 0.29) is 0 Å². The molecule has 0 aliphatic rings. The number of hydrogen-bond acceptors (Lipinski definition) is 3. The summed E-state index contributed by atoms with van der Waals surface area (Å²) in [6, 6.07) is 9.97. The lowest BCUT2D eigenvalue weighted by Gasteiger charge is -2.13. The monoisotopic (exact) mass is 251 g/mol. The molecule has 0 aliphatic carbocycles. The summed E-state index contributed by atoms with van der Waals surface area (Å²) in [5.74, 6) is 0.714. The van der Waals surface area contributed by atoms with Crippen molar-refractivity contribution in [1.29, 1.82) is 5.26 Å². The summed E-state index contributed by atoms with van der Waals surface area (Å²) in [4.78, 5) is 4.42. The Morgan fingerprint density at radius 2 is 1.63 bits per heavy atom. The van der Waals surface area contributed by atoms with Gasteiger partial charge in [-0.3, -0.25) is 0 Å². The summed E-state index contributed by atoms with van der Waals surface area (Å²) in [6.07, 6.45) is 0. The van der Waals surface area contributed by atoms with Gasteiger partial charge in [-0.25, -0.2) is 4.98 Å². The number of rotatable bonds is 2. The number of aromatic nitrogens is 1. The van der Waals surface area contributed by atoms with Crippen LogP contribution in [-0.4, -0.2) is 4.98 Å². The van der Waals surface area contributed by atoms with Crippen molar-refractivity contribution < 1.29 is 0 Å². The molecular weight excluding hydrogens is 234 g/mol. The zero-order valence-electron chi connectivity index (χ0n) is 11.7. The van der Waals surface area contributed by atoms with E-state index < -0.39 is 0 Å². The molecule has 3 nitrogen and oxygen atoms in total. The van der Waals surface area contributed by atoms with Crippen LogP contribution in [-0.2, 0) is 0 Å². The van der Waals surface area contributed by atoms with Crippen LogP contribution in [0.15, 0.2) is 24.3 Å². The molecule has 19 heavy (non-hydrogen) atoms. The van der Waals surface area contributed by atoms with E-state index in [1.54, 1.807) is 12.1 Å². The van der Waals surface area contributed by atoms with Crippen molar-refractivity contribution in [3.8, 4) is 6.07 Å². The third-order valence-corrected chi connectivity index (χ3v) is 3.01. The van der Waals surface area contributed by atoms with Crippen LogP contribution in [0.2, 0.25) is 0 Å². The van der Waals surface area contributed by atoms with Gasteiger partial charge in [0.15, 0.2) is 0 Å². The lowest BCUT2D eigenvalue weighted by Crippen LogP contribution is -2.00. The van der Waals surface area contributed by atoms with E-state index >= 15 is 0 Å². The lowest BCUT2D eigenvalue weighted by molar-refractivity contribution is 1.18.